The van der Waals surface area contributed by atoms with Crippen LogP contribution in [0.1, 0.15) is 19.8 Å². The lowest BCUT2D eigenvalue weighted by Crippen LogP contribution is -2.43. The zero-order valence-electron chi connectivity index (χ0n) is 12.9. The van der Waals surface area contributed by atoms with Crippen LogP contribution in [0.5, 0.6) is 0 Å². The smallest absolute Gasteiger partial charge is 0.310 e. The predicted octanol–water partition coefficient (Wildman–Crippen LogP) is 2.86. The van der Waals surface area contributed by atoms with E-state index in [1.54, 1.807) is 11.8 Å². The van der Waals surface area contributed by atoms with E-state index in [2.05, 4.69) is 0 Å². The van der Waals surface area contributed by atoms with Gasteiger partial charge in [0.2, 0.25) is 5.91 Å². The number of carbonyl (C=O) groups is 2. The summed E-state index contributed by atoms with van der Waals surface area (Å²) in [7, 11) is 0. The van der Waals surface area contributed by atoms with Gasteiger partial charge in [0, 0.05) is 24.1 Å². The molecule has 1 fully saturated rings. The summed E-state index contributed by atoms with van der Waals surface area (Å²) < 4.78 is 31.4. The summed E-state index contributed by atoms with van der Waals surface area (Å²) in [4.78, 5) is 25.8. The number of hydrogen-bond donors (Lipinski definition) is 0. The highest BCUT2D eigenvalue weighted by Crippen LogP contribution is 2.24. The molecule has 0 aromatic heterocycles. The summed E-state index contributed by atoms with van der Waals surface area (Å²) >= 11 is 1.03. The zero-order chi connectivity index (χ0) is 16.8. The highest BCUT2D eigenvalue weighted by Gasteiger charge is 2.29. The first-order valence-electron chi connectivity index (χ1n) is 7.53. The topological polar surface area (TPSA) is 46.6 Å². The molecular formula is C16H19F2NO3S. The third-order valence-electron chi connectivity index (χ3n) is 3.64. The molecule has 7 heteroatoms. The van der Waals surface area contributed by atoms with E-state index < -0.39 is 11.6 Å². The number of ether oxygens (including phenoxy) is 1. The molecule has 126 valence electrons. The van der Waals surface area contributed by atoms with Gasteiger partial charge in [-0.25, -0.2) is 8.78 Å². The van der Waals surface area contributed by atoms with Crippen molar-refractivity contribution in [3.8, 4) is 0 Å². The van der Waals surface area contributed by atoms with Crippen LogP contribution < -0.4 is 0 Å². The van der Waals surface area contributed by atoms with Crippen molar-refractivity contribution >= 4 is 23.6 Å². The van der Waals surface area contributed by atoms with Crippen molar-refractivity contribution in [3.05, 3.63) is 29.8 Å². The van der Waals surface area contributed by atoms with E-state index in [0.717, 1.165) is 30.3 Å². The first-order valence-corrected chi connectivity index (χ1v) is 8.52. The van der Waals surface area contributed by atoms with E-state index in [9.17, 15) is 18.4 Å². The monoisotopic (exact) mass is 343 g/mol. The Balaban J connectivity index is 1.88. The average molecular weight is 343 g/mol. The fraction of sp³-hybridized carbons (Fsp3) is 0.500. The van der Waals surface area contributed by atoms with E-state index >= 15 is 0 Å². The second-order valence-electron chi connectivity index (χ2n) is 5.29. The lowest BCUT2D eigenvalue weighted by molar-refractivity contribution is -0.151. The molecule has 1 heterocycles. The largest absolute Gasteiger partial charge is 0.466 e. The highest BCUT2D eigenvalue weighted by atomic mass is 32.2. The van der Waals surface area contributed by atoms with Crippen LogP contribution in [0.3, 0.4) is 0 Å². The van der Waals surface area contributed by atoms with Crippen LogP contribution in [0.15, 0.2) is 23.1 Å². The molecule has 0 spiro atoms. The Morgan fingerprint density at radius 2 is 2.17 bits per heavy atom. The van der Waals surface area contributed by atoms with Crippen molar-refractivity contribution in [3.63, 3.8) is 0 Å². The lowest BCUT2D eigenvalue weighted by atomic mass is 9.98. The first kappa shape index (κ1) is 17.7. The summed E-state index contributed by atoms with van der Waals surface area (Å²) in [5, 5.41) is 0. The minimum absolute atomic E-state index is 0.0537. The van der Waals surface area contributed by atoms with Gasteiger partial charge in [-0.15, -0.1) is 11.8 Å². The molecule has 1 unspecified atom stereocenters. The number of likely N-dealkylation sites (tertiary alicyclic amines) is 1. The fourth-order valence-corrected chi connectivity index (χ4v) is 3.30. The van der Waals surface area contributed by atoms with E-state index in [0.29, 0.717) is 26.1 Å². The van der Waals surface area contributed by atoms with Gasteiger partial charge in [-0.05, 0) is 31.9 Å². The Bertz CT molecular complexity index is 582. The van der Waals surface area contributed by atoms with Gasteiger partial charge in [0.1, 0.15) is 11.6 Å². The normalized spacial score (nSPS) is 17.9. The molecule has 4 nitrogen and oxygen atoms in total. The van der Waals surface area contributed by atoms with Crippen LogP contribution in [0.25, 0.3) is 0 Å². The number of esters is 1. The van der Waals surface area contributed by atoms with Crippen molar-refractivity contribution in [2.24, 2.45) is 5.92 Å². The number of nitrogens with zero attached hydrogens (tertiary/aromatic N) is 1. The minimum atomic E-state index is -0.675. The quantitative estimate of drug-likeness (QED) is 0.609. The van der Waals surface area contributed by atoms with E-state index in [-0.39, 0.29) is 28.4 Å². The van der Waals surface area contributed by atoms with Crippen LogP contribution in [0, 0.1) is 17.6 Å². The average Bonchev–Trinajstić information content (AvgIpc) is 2.54. The fourth-order valence-electron chi connectivity index (χ4n) is 2.48. The number of benzene rings is 1. The number of carbonyl (C=O) groups excluding carboxylic acids is 2. The third-order valence-corrected chi connectivity index (χ3v) is 4.67. The van der Waals surface area contributed by atoms with E-state index in [1.807, 2.05) is 0 Å². The minimum Gasteiger partial charge on any atom is -0.466 e. The van der Waals surface area contributed by atoms with Crippen molar-refractivity contribution in [1.29, 1.82) is 0 Å². The molecule has 1 aliphatic heterocycles. The molecular weight excluding hydrogens is 324 g/mol. The zero-order valence-corrected chi connectivity index (χ0v) is 13.7. The maximum absolute atomic E-state index is 13.5. The van der Waals surface area contributed by atoms with Gasteiger partial charge < -0.3 is 9.64 Å². The molecule has 1 aromatic rings. The standard InChI is InChI=1S/C16H19F2NO3S/c1-2-22-16(21)11-4-3-7-19(9-11)15(20)10-23-14-6-5-12(17)8-13(14)18/h5-6,8,11H,2-4,7,9-10H2,1H3. The van der Waals surface area contributed by atoms with Crippen molar-refractivity contribution in [2.75, 3.05) is 25.4 Å². The number of piperidine rings is 1. The molecule has 1 aromatic carbocycles. The van der Waals surface area contributed by atoms with Gasteiger partial charge >= 0.3 is 5.97 Å². The molecule has 1 saturated heterocycles. The Hall–Kier alpha value is -1.63. The third kappa shape index (κ3) is 4.92. The second-order valence-corrected chi connectivity index (χ2v) is 6.31. The summed E-state index contributed by atoms with van der Waals surface area (Å²) in [5.74, 6) is -1.99. The number of rotatable bonds is 5. The van der Waals surface area contributed by atoms with Crippen LogP contribution in [0.2, 0.25) is 0 Å². The SMILES string of the molecule is CCOC(=O)C1CCCN(C(=O)CSc2ccc(F)cc2F)C1. The van der Waals surface area contributed by atoms with Gasteiger partial charge in [-0.1, -0.05) is 0 Å². The summed E-state index contributed by atoms with van der Waals surface area (Å²) in [5.41, 5.74) is 0. The van der Waals surface area contributed by atoms with Crippen LogP contribution in [-0.4, -0.2) is 42.2 Å². The maximum Gasteiger partial charge on any atom is 0.310 e. The Morgan fingerprint density at radius 3 is 2.87 bits per heavy atom. The van der Waals surface area contributed by atoms with Gasteiger partial charge in [0.05, 0.1) is 18.3 Å². The van der Waals surface area contributed by atoms with Gasteiger partial charge in [0.25, 0.3) is 0 Å². The van der Waals surface area contributed by atoms with Crippen molar-refractivity contribution < 1.29 is 23.1 Å². The van der Waals surface area contributed by atoms with Crippen LogP contribution in [-0.2, 0) is 14.3 Å². The predicted molar refractivity (Wildman–Crippen MR) is 83.0 cm³/mol. The summed E-state index contributed by atoms with van der Waals surface area (Å²) in [6.07, 6.45) is 1.45. The molecule has 1 aliphatic rings. The first-order chi connectivity index (χ1) is 11.0. The molecule has 1 amide bonds. The number of halogens is 2. The molecule has 0 bridgehead atoms. The Morgan fingerprint density at radius 1 is 1.39 bits per heavy atom. The van der Waals surface area contributed by atoms with Crippen LogP contribution >= 0.6 is 11.8 Å². The second kappa shape index (κ2) is 8.29. The number of hydrogen-bond acceptors (Lipinski definition) is 4. The van der Waals surface area contributed by atoms with Crippen molar-refractivity contribution in [2.45, 2.75) is 24.7 Å². The molecule has 1 atom stereocenters. The number of amides is 1. The molecule has 23 heavy (non-hydrogen) atoms. The molecule has 0 radical (unpaired) electrons. The van der Waals surface area contributed by atoms with Gasteiger partial charge in [0.15, 0.2) is 0 Å². The molecule has 0 N–H and O–H groups in total. The molecule has 0 saturated carbocycles. The Kier molecular flexibility index (Phi) is 6.38. The summed E-state index contributed by atoms with van der Waals surface area (Å²) in [6.45, 7) is 2.99. The molecule has 2 rings (SSSR count). The van der Waals surface area contributed by atoms with Crippen LogP contribution in [0.4, 0.5) is 8.78 Å². The van der Waals surface area contributed by atoms with Crippen molar-refractivity contribution in [1.82, 2.24) is 4.90 Å². The van der Waals surface area contributed by atoms with E-state index in [4.69, 9.17) is 4.74 Å². The Labute approximate surface area is 138 Å². The number of thioether (sulfide) groups is 1. The highest BCUT2D eigenvalue weighted by molar-refractivity contribution is 8.00. The maximum atomic E-state index is 13.5. The molecule has 0 aliphatic carbocycles. The van der Waals surface area contributed by atoms with Gasteiger partial charge in [-0.2, -0.15) is 0 Å². The lowest BCUT2D eigenvalue weighted by Gasteiger charge is -2.31. The summed E-state index contributed by atoms with van der Waals surface area (Å²) in [6, 6.07) is 3.28. The van der Waals surface area contributed by atoms with E-state index in [1.165, 1.54) is 6.07 Å². The van der Waals surface area contributed by atoms with Gasteiger partial charge in [-0.3, -0.25) is 9.59 Å².